The Balaban J connectivity index is 2.90. The van der Waals surface area contributed by atoms with Crippen LogP contribution in [0.1, 0.15) is 5.69 Å². The summed E-state index contributed by atoms with van der Waals surface area (Å²) >= 11 is 1.39. The average Bonchev–Trinajstić information content (AvgIpc) is 2.35. The summed E-state index contributed by atoms with van der Waals surface area (Å²) in [6.07, 6.45) is 1.78. The molecule has 0 saturated carbocycles. The third kappa shape index (κ3) is 0.670. The van der Waals surface area contributed by atoms with E-state index in [1.807, 2.05) is 6.92 Å². The van der Waals surface area contributed by atoms with Crippen molar-refractivity contribution in [2.75, 3.05) is 0 Å². The van der Waals surface area contributed by atoms with Crippen LogP contribution in [0.5, 0.6) is 0 Å². The molecule has 0 aromatic carbocycles. The first-order valence-electron chi connectivity index (χ1n) is 2.84. The molecule has 0 amide bonds. The van der Waals surface area contributed by atoms with Gasteiger partial charge in [-0.25, -0.2) is 9.50 Å². The number of aromatic nitrogens is 3. The van der Waals surface area contributed by atoms with E-state index in [-0.39, 0.29) is 0 Å². The molecule has 0 aliphatic heterocycles. The van der Waals surface area contributed by atoms with Crippen molar-refractivity contribution < 1.29 is 0 Å². The maximum atomic E-state index is 5.45. The summed E-state index contributed by atoms with van der Waals surface area (Å²) in [5.74, 6) is 0. The second kappa shape index (κ2) is 1.82. The minimum atomic E-state index is 0.561. The highest BCUT2D eigenvalue weighted by molar-refractivity contribution is 7.23. The lowest BCUT2D eigenvalue weighted by molar-refractivity contribution is 0.945. The van der Waals surface area contributed by atoms with Crippen LogP contribution in [-0.4, -0.2) is 22.4 Å². The first-order valence-corrected chi connectivity index (χ1v) is 3.65. The fourth-order valence-electron chi connectivity index (χ4n) is 0.813. The lowest BCUT2D eigenvalue weighted by Gasteiger charge is -1.81. The molecular weight excluding hydrogens is 145 g/mol. The Hall–Kier alpha value is -0.835. The predicted octanol–water partition coefficient (Wildman–Crippen LogP) is -0.107. The summed E-state index contributed by atoms with van der Waals surface area (Å²) < 4.78 is 1.74. The van der Waals surface area contributed by atoms with Crippen molar-refractivity contribution in [1.29, 1.82) is 0 Å². The first kappa shape index (κ1) is 5.91. The van der Waals surface area contributed by atoms with Crippen molar-refractivity contribution in [3.05, 3.63) is 11.9 Å². The van der Waals surface area contributed by atoms with Gasteiger partial charge in [-0.3, -0.25) is 0 Å². The summed E-state index contributed by atoms with van der Waals surface area (Å²) in [5, 5.41) is 4.02. The summed E-state index contributed by atoms with van der Waals surface area (Å²) in [5.41, 5.74) is 1.02. The highest BCUT2D eigenvalue weighted by atomic mass is 32.1. The zero-order valence-corrected chi connectivity index (χ0v) is 6.22. The lowest BCUT2D eigenvalue weighted by atomic mass is 10.2. The van der Waals surface area contributed by atoms with Crippen LogP contribution in [0.4, 0.5) is 0 Å². The second-order valence-corrected chi connectivity index (χ2v) is 3.02. The Labute approximate surface area is 63.1 Å². The Morgan fingerprint density at radius 2 is 2.50 bits per heavy atom. The summed E-state index contributed by atoms with van der Waals surface area (Å²) in [6, 6.07) is 0. The van der Waals surface area contributed by atoms with Gasteiger partial charge in [0.05, 0.1) is 16.8 Å². The maximum absolute atomic E-state index is 5.45. The van der Waals surface area contributed by atoms with Crippen LogP contribution in [0, 0.1) is 6.92 Å². The highest BCUT2D eigenvalue weighted by Gasteiger charge is 2.01. The first-order chi connectivity index (χ1) is 4.77. The molecule has 2 heterocycles. The number of hydrogen-bond donors (Lipinski definition) is 0. The van der Waals surface area contributed by atoms with Crippen LogP contribution in [-0.2, 0) is 0 Å². The molecule has 5 heteroatoms. The van der Waals surface area contributed by atoms with E-state index in [4.69, 9.17) is 7.85 Å². The second-order valence-electron chi connectivity index (χ2n) is 2.03. The van der Waals surface area contributed by atoms with E-state index in [0.29, 0.717) is 4.91 Å². The van der Waals surface area contributed by atoms with Crippen molar-refractivity contribution in [2.45, 2.75) is 6.92 Å². The molecule has 0 unspecified atom stereocenters. The quantitative estimate of drug-likeness (QED) is 0.489. The van der Waals surface area contributed by atoms with Crippen LogP contribution < -0.4 is 4.91 Å². The number of aryl methyl sites for hydroxylation is 1. The molecule has 0 aliphatic rings. The van der Waals surface area contributed by atoms with Crippen molar-refractivity contribution in [3.63, 3.8) is 0 Å². The lowest BCUT2D eigenvalue weighted by Crippen LogP contribution is -2.01. The molecule has 2 aromatic heterocycles. The van der Waals surface area contributed by atoms with Crippen LogP contribution in [0.3, 0.4) is 0 Å². The van der Waals surface area contributed by atoms with Gasteiger partial charge in [0.2, 0.25) is 4.96 Å². The van der Waals surface area contributed by atoms with Gasteiger partial charge in [-0.15, -0.1) is 0 Å². The van der Waals surface area contributed by atoms with E-state index in [1.54, 1.807) is 10.7 Å². The van der Waals surface area contributed by atoms with Crippen molar-refractivity contribution >= 4 is 29.1 Å². The van der Waals surface area contributed by atoms with Gasteiger partial charge >= 0.3 is 0 Å². The molecule has 0 fully saturated rings. The summed E-state index contributed by atoms with van der Waals surface area (Å²) in [4.78, 5) is 5.50. The zero-order chi connectivity index (χ0) is 7.14. The van der Waals surface area contributed by atoms with Crippen LogP contribution in [0.15, 0.2) is 6.20 Å². The molecule has 3 nitrogen and oxygen atoms in total. The molecule has 2 aromatic rings. The highest BCUT2D eigenvalue weighted by Crippen LogP contribution is 2.05. The fourth-order valence-corrected chi connectivity index (χ4v) is 1.50. The van der Waals surface area contributed by atoms with E-state index >= 15 is 0 Å². The van der Waals surface area contributed by atoms with Gasteiger partial charge in [0, 0.05) is 0 Å². The van der Waals surface area contributed by atoms with E-state index in [1.165, 1.54) is 11.3 Å². The number of rotatable bonds is 0. The summed E-state index contributed by atoms with van der Waals surface area (Å²) in [6.45, 7) is 1.94. The minimum absolute atomic E-state index is 0.561. The SMILES string of the molecule is [B]c1nn2c(C)cnc2s1. The molecule has 0 aliphatic carbocycles. The average molecular weight is 149 g/mol. The topological polar surface area (TPSA) is 30.2 Å². The molecule has 0 saturated heterocycles. The molecule has 10 heavy (non-hydrogen) atoms. The van der Waals surface area contributed by atoms with Gasteiger partial charge in [0.15, 0.2) is 7.85 Å². The zero-order valence-electron chi connectivity index (χ0n) is 5.40. The van der Waals surface area contributed by atoms with Crippen LogP contribution in [0.25, 0.3) is 4.96 Å². The fraction of sp³-hybridized carbons (Fsp3) is 0.200. The van der Waals surface area contributed by atoms with Gasteiger partial charge in [-0.2, -0.15) is 5.10 Å². The molecule has 0 bridgehead atoms. The Morgan fingerprint density at radius 3 is 3.20 bits per heavy atom. The molecule has 2 radical (unpaired) electrons. The number of imidazole rings is 1. The largest absolute Gasteiger partial charge is 0.226 e. The van der Waals surface area contributed by atoms with Gasteiger partial charge in [-0.1, -0.05) is 11.3 Å². The monoisotopic (exact) mass is 149 g/mol. The molecule has 48 valence electrons. The van der Waals surface area contributed by atoms with Gasteiger partial charge in [0.1, 0.15) is 0 Å². The van der Waals surface area contributed by atoms with Gasteiger partial charge < -0.3 is 0 Å². The van der Waals surface area contributed by atoms with E-state index < -0.39 is 0 Å². The van der Waals surface area contributed by atoms with Crippen molar-refractivity contribution in [3.8, 4) is 0 Å². The molecule has 0 spiro atoms. The van der Waals surface area contributed by atoms with E-state index in [0.717, 1.165) is 10.7 Å². The van der Waals surface area contributed by atoms with Gasteiger partial charge in [-0.05, 0) is 6.92 Å². The minimum Gasteiger partial charge on any atom is -0.226 e. The number of nitrogens with zero attached hydrogens (tertiary/aromatic N) is 3. The third-order valence-electron chi connectivity index (χ3n) is 1.27. The molecular formula is C5H4BN3S. The smallest absolute Gasteiger partial charge is 0.211 e. The standard InChI is InChI=1S/C5H4BN3S/c1-3-2-7-5-9(3)8-4(6)10-5/h2H,1H3. The van der Waals surface area contributed by atoms with Gasteiger partial charge in [0.25, 0.3) is 0 Å². The molecule has 0 N–H and O–H groups in total. The summed E-state index contributed by atoms with van der Waals surface area (Å²) in [7, 11) is 5.45. The third-order valence-corrected chi connectivity index (χ3v) is 2.02. The Kier molecular flexibility index (Phi) is 1.08. The van der Waals surface area contributed by atoms with Crippen LogP contribution in [0.2, 0.25) is 0 Å². The van der Waals surface area contributed by atoms with E-state index in [9.17, 15) is 0 Å². The normalized spacial score (nSPS) is 10.9. The maximum Gasteiger partial charge on any atom is 0.211 e. The number of fused-ring (bicyclic) bond motifs is 1. The van der Waals surface area contributed by atoms with E-state index in [2.05, 4.69) is 10.1 Å². The molecule has 0 atom stereocenters. The number of hydrogen-bond acceptors (Lipinski definition) is 3. The molecule has 2 rings (SSSR count). The van der Waals surface area contributed by atoms with Crippen molar-refractivity contribution in [2.24, 2.45) is 0 Å². The Morgan fingerprint density at radius 1 is 1.70 bits per heavy atom. The predicted molar refractivity (Wildman–Crippen MR) is 41.0 cm³/mol. The van der Waals surface area contributed by atoms with Crippen LogP contribution >= 0.6 is 11.3 Å². The Bertz CT molecular complexity index is 364. The van der Waals surface area contributed by atoms with Crippen molar-refractivity contribution in [1.82, 2.24) is 14.6 Å².